The van der Waals surface area contributed by atoms with Gasteiger partial charge in [0.25, 0.3) is 0 Å². The van der Waals surface area contributed by atoms with Gasteiger partial charge in [-0.05, 0) is 68.2 Å². The molecule has 1 aromatic carbocycles. The number of anilines is 1. The molecular weight excluding hydrogens is 578 g/mol. The number of amides is 1. The van der Waals surface area contributed by atoms with Gasteiger partial charge in [0.05, 0.1) is 26.8 Å². The molecule has 0 bridgehead atoms. The zero-order valence-corrected chi connectivity index (χ0v) is 25.6. The number of carbonyl (C=O) groups excluding carboxylic acids is 1. The number of piperazine rings is 1. The molecule has 3 aromatic heterocycles. The molecule has 1 saturated heterocycles. The van der Waals surface area contributed by atoms with Crippen LogP contribution in [0.2, 0.25) is 10.0 Å². The van der Waals surface area contributed by atoms with Crippen LogP contribution in [0.4, 0.5) is 10.2 Å². The van der Waals surface area contributed by atoms with E-state index in [0.29, 0.717) is 47.8 Å². The molecule has 42 heavy (non-hydrogen) atoms. The van der Waals surface area contributed by atoms with Crippen LogP contribution in [0.5, 0.6) is 0 Å². The van der Waals surface area contributed by atoms with Crippen LogP contribution in [0, 0.1) is 19.7 Å². The molecule has 5 rings (SSSR count). The zero-order chi connectivity index (χ0) is 30.5. The van der Waals surface area contributed by atoms with E-state index < -0.39 is 11.5 Å². The first-order valence-corrected chi connectivity index (χ1v) is 14.4. The van der Waals surface area contributed by atoms with Crippen LogP contribution in [0.15, 0.2) is 47.9 Å². The Morgan fingerprint density at radius 3 is 2.57 bits per heavy atom. The Bertz CT molecular complexity index is 1810. The highest BCUT2D eigenvalue weighted by atomic mass is 35.5. The quantitative estimate of drug-likeness (QED) is 0.249. The molecule has 0 aliphatic carbocycles. The summed E-state index contributed by atoms with van der Waals surface area (Å²) in [4.78, 5) is 43.7. The average molecular weight is 610 g/mol. The second-order valence-electron chi connectivity index (χ2n) is 10.9. The maximum Gasteiger partial charge on any atom is 0.355 e. The van der Waals surface area contributed by atoms with Crippen molar-refractivity contribution in [3.8, 4) is 16.9 Å². The van der Waals surface area contributed by atoms with Crippen molar-refractivity contribution in [3.05, 3.63) is 86.3 Å². The highest BCUT2D eigenvalue weighted by Crippen LogP contribution is 2.38. The fraction of sp³-hybridized carbons (Fsp3) is 0.323. The average Bonchev–Trinajstić information content (AvgIpc) is 2.94. The summed E-state index contributed by atoms with van der Waals surface area (Å²) in [5.41, 5.74) is 2.72. The standard InChI is InChI=1S/C31H31Cl2FN6O2/c1-7-24(41)38-10-11-39(19(6)15-38)29-21-14-23(34)27(20-12-17(4)13-22(32)25(20)33)36-30(21)40(31(42)37-29)28-18(5)8-9-35-26(28)16(2)3/h7-9,12-14,16,19H,1,10-11,15H2,2-6H3/t19-/m0/s1. The van der Waals surface area contributed by atoms with Gasteiger partial charge in [0.15, 0.2) is 5.65 Å². The van der Waals surface area contributed by atoms with Crippen molar-refractivity contribution < 1.29 is 9.18 Å². The molecule has 4 heterocycles. The van der Waals surface area contributed by atoms with Crippen LogP contribution in [-0.2, 0) is 4.79 Å². The molecule has 0 N–H and O–H groups in total. The summed E-state index contributed by atoms with van der Waals surface area (Å²) in [6.07, 6.45) is 2.98. The lowest BCUT2D eigenvalue weighted by Crippen LogP contribution is -2.54. The second kappa shape index (κ2) is 11.5. The van der Waals surface area contributed by atoms with Crippen molar-refractivity contribution in [1.82, 2.24) is 24.4 Å². The Morgan fingerprint density at radius 2 is 1.90 bits per heavy atom. The zero-order valence-electron chi connectivity index (χ0n) is 24.1. The van der Waals surface area contributed by atoms with Crippen molar-refractivity contribution in [1.29, 1.82) is 0 Å². The Morgan fingerprint density at radius 1 is 1.17 bits per heavy atom. The smallest absolute Gasteiger partial charge is 0.350 e. The minimum Gasteiger partial charge on any atom is -0.350 e. The van der Waals surface area contributed by atoms with Gasteiger partial charge in [-0.1, -0.05) is 43.6 Å². The Hall–Kier alpha value is -3.82. The van der Waals surface area contributed by atoms with E-state index in [4.69, 9.17) is 28.2 Å². The number of fused-ring (bicyclic) bond motifs is 1. The Balaban J connectivity index is 1.84. The highest BCUT2D eigenvalue weighted by molar-refractivity contribution is 6.43. The molecule has 0 unspecified atom stereocenters. The third-order valence-electron chi connectivity index (χ3n) is 7.54. The van der Waals surface area contributed by atoms with Gasteiger partial charge < -0.3 is 9.80 Å². The highest BCUT2D eigenvalue weighted by Gasteiger charge is 2.31. The summed E-state index contributed by atoms with van der Waals surface area (Å²) in [5.74, 6) is -0.543. The molecule has 1 amide bonds. The number of nitrogens with zero attached hydrogens (tertiary/aromatic N) is 6. The maximum absolute atomic E-state index is 16.1. The van der Waals surface area contributed by atoms with Crippen molar-refractivity contribution in [3.63, 3.8) is 0 Å². The SMILES string of the molecule is C=CC(=O)N1CCN(c2nc(=O)n(-c3c(C)ccnc3C(C)C)c3nc(-c4cc(C)cc(Cl)c4Cl)c(F)cc23)[C@@H](C)C1. The van der Waals surface area contributed by atoms with Crippen LogP contribution in [0.1, 0.15) is 43.5 Å². The fourth-order valence-electron chi connectivity index (χ4n) is 5.50. The largest absolute Gasteiger partial charge is 0.355 e. The van der Waals surface area contributed by atoms with Gasteiger partial charge in [-0.15, -0.1) is 0 Å². The molecule has 8 nitrogen and oxygen atoms in total. The van der Waals surface area contributed by atoms with E-state index in [0.717, 1.165) is 11.1 Å². The molecule has 0 radical (unpaired) electrons. The summed E-state index contributed by atoms with van der Waals surface area (Å²) in [6, 6.07) is 6.34. The van der Waals surface area contributed by atoms with Crippen LogP contribution in [0.25, 0.3) is 28.0 Å². The first kappa shape index (κ1) is 29.7. The van der Waals surface area contributed by atoms with Gasteiger partial charge in [-0.3, -0.25) is 9.78 Å². The number of rotatable bonds is 5. The van der Waals surface area contributed by atoms with Gasteiger partial charge in [0.2, 0.25) is 5.91 Å². The Labute approximate surface area is 253 Å². The van der Waals surface area contributed by atoms with E-state index in [1.54, 1.807) is 23.2 Å². The first-order chi connectivity index (χ1) is 19.9. The van der Waals surface area contributed by atoms with E-state index in [1.165, 1.54) is 16.7 Å². The summed E-state index contributed by atoms with van der Waals surface area (Å²) in [7, 11) is 0. The third-order valence-corrected chi connectivity index (χ3v) is 8.34. The van der Waals surface area contributed by atoms with Crippen molar-refractivity contribution in [2.24, 2.45) is 0 Å². The lowest BCUT2D eigenvalue weighted by Gasteiger charge is -2.40. The van der Waals surface area contributed by atoms with E-state index in [2.05, 4.69) is 16.5 Å². The molecule has 218 valence electrons. The molecule has 1 aliphatic heterocycles. The van der Waals surface area contributed by atoms with E-state index in [9.17, 15) is 9.59 Å². The van der Waals surface area contributed by atoms with Gasteiger partial charge in [0.1, 0.15) is 17.3 Å². The van der Waals surface area contributed by atoms with Gasteiger partial charge in [-0.2, -0.15) is 4.98 Å². The number of hydrogen-bond donors (Lipinski definition) is 0. The number of aryl methyl sites for hydroxylation is 2. The molecule has 0 spiro atoms. The predicted molar refractivity (Wildman–Crippen MR) is 165 cm³/mol. The van der Waals surface area contributed by atoms with Crippen molar-refractivity contribution in [2.45, 2.75) is 46.6 Å². The molecule has 1 aliphatic rings. The number of hydrogen-bond acceptors (Lipinski definition) is 6. The second-order valence-corrected chi connectivity index (χ2v) is 11.7. The summed E-state index contributed by atoms with van der Waals surface area (Å²) >= 11 is 12.9. The van der Waals surface area contributed by atoms with Crippen LogP contribution in [0.3, 0.4) is 0 Å². The van der Waals surface area contributed by atoms with Gasteiger partial charge >= 0.3 is 5.69 Å². The Kier molecular flexibility index (Phi) is 8.09. The minimum absolute atomic E-state index is 0.0260. The molecule has 11 heteroatoms. The normalized spacial score (nSPS) is 15.5. The van der Waals surface area contributed by atoms with E-state index >= 15 is 4.39 Å². The maximum atomic E-state index is 16.1. The number of halogens is 3. The monoisotopic (exact) mass is 608 g/mol. The topological polar surface area (TPSA) is 84.2 Å². The molecule has 1 fully saturated rings. The number of aromatic nitrogens is 4. The molecular formula is C31H31Cl2FN6O2. The lowest BCUT2D eigenvalue weighted by atomic mass is 10.0. The van der Waals surface area contributed by atoms with E-state index in [1.807, 2.05) is 45.6 Å². The predicted octanol–water partition coefficient (Wildman–Crippen LogP) is 6.25. The van der Waals surface area contributed by atoms with E-state index in [-0.39, 0.29) is 39.3 Å². The molecule has 1 atom stereocenters. The summed E-state index contributed by atoms with van der Waals surface area (Å²) in [5, 5.41) is 0.777. The minimum atomic E-state index is -0.639. The van der Waals surface area contributed by atoms with Crippen molar-refractivity contribution >= 4 is 46.0 Å². The number of pyridine rings is 2. The molecule has 0 saturated carbocycles. The summed E-state index contributed by atoms with van der Waals surface area (Å²) < 4.78 is 17.5. The number of benzene rings is 1. The third kappa shape index (κ3) is 5.16. The number of carbonyl (C=O) groups is 1. The molecule has 4 aromatic rings. The van der Waals surface area contributed by atoms with Crippen molar-refractivity contribution in [2.75, 3.05) is 24.5 Å². The van der Waals surface area contributed by atoms with Gasteiger partial charge in [0, 0.05) is 37.4 Å². The van der Waals surface area contributed by atoms with Crippen LogP contribution < -0.4 is 10.6 Å². The lowest BCUT2D eigenvalue weighted by molar-refractivity contribution is -0.126. The van der Waals surface area contributed by atoms with Crippen LogP contribution in [-0.4, -0.2) is 56.0 Å². The first-order valence-electron chi connectivity index (χ1n) is 13.7. The fourth-order valence-corrected chi connectivity index (χ4v) is 5.97. The summed E-state index contributed by atoms with van der Waals surface area (Å²) in [6.45, 7) is 14.4. The van der Waals surface area contributed by atoms with Crippen LogP contribution >= 0.6 is 23.2 Å². The van der Waals surface area contributed by atoms with Gasteiger partial charge in [-0.25, -0.2) is 18.7 Å².